The van der Waals surface area contributed by atoms with E-state index in [0.29, 0.717) is 11.4 Å². The molecule has 25 heavy (non-hydrogen) atoms. The van der Waals surface area contributed by atoms with Gasteiger partial charge >= 0.3 is 0 Å². The van der Waals surface area contributed by atoms with Crippen molar-refractivity contribution in [2.45, 2.75) is 20.6 Å². The predicted molar refractivity (Wildman–Crippen MR) is 97.6 cm³/mol. The van der Waals surface area contributed by atoms with Crippen molar-refractivity contribution in [2.75, 3.05) is 5.32 Å². The molecule has 0 bridgehead atoms. The van der Waals surface area contributed by atoms with E-state index in [0.717, 1.165) is 21.6 Å². The zero-order valence-corrected chi connectivity index (χ0v) is 15.7. The first-order chi connectivity index (χ1) is 11.9. The van der Waals surface area contributed by atoms with E-state index in [1.54, 1.807) is 21.6 Å². The summed E-state index contributed by atoms with van der Waals surface area (Å²) >= 11 is 3.38. The summed E-state index contributed by atoms with van der Waals surface area (Å²) in [4.78, 5) is 12.4. The zero-order valence-electron chi connectivity index (χ0n) is 14.2. The van der Waals surface area contributed by atoms with Crippen molar-refractivity contribution in [1.82, 2.24) is 19.6 Å². The van der Waals surface area contributed by atoms with Gasteiger partial charge in [-0.2, -0.15) is 10.2 Å². The molecule has 0 fully saturated rings. The summed E-state index contributed by atoms with van der Waals surface area (Å²) in [7, 11) is 1.84. The van der Waals surface area contributed by atoms with Crippen LogP contribution in [0.1, 0.15) is 21.9 Å². The van der Waals surface area contributed by atoms with E-state index in [9.17, 15) is 4.79 Å². The van der Waals surface area contributed by atoms with E-state index in [1.165, 1.54) is 0 Å². The number of rotatable bonds is 5. The second-order valence-corrected chi connectivity index (χ2v) is 6.51. The van der Waals surface area contributed by atoms with Gasteiger partial charge in [-0.15, -0.1) is 0 Å². The molecule has 2 heterocycles. The van der Waals surface area contributed by atoms with Crippen LogP contribution in [0.5, 0.6) is 5.75 Å². The van der Waals surface area contributed by atoms with E-state index in [2.05, 4.69) is 31.4 Å². The molecule has 0 spiro atoms. The number of carbonyl (C=O) groups excluding carboxylic acids is 1. The number of amides is 1. The van der Waals surface area contributed by atoms with Gasteiger partial charge in [0.25, 0.3) is 5.91 Å². The fraction of sp³-hybridized carbons (Fsp3) is 0.235. The minimum absolute atomic E-state index is 0.222. The van der Waals surface area contributed by atoms with Crippen LogP contribution >= 0.6 is 15.9 Å². The number of carbonyl (C=O) groups is 1. The molecule has 0 radical (unpaired) electrons. The molecule has 0 aliphatic carbocycles. The van der Waals surface area contributed by atoms with E-state index >= 15 is 0 Å². The molecule has 3 rings (SSSR count). The topological polar surface area (TPSA) is 74.0 Å². The summed E-state index contributed by atoms with van der Waals surface area (Å²) in [5.74, 6) is 0.452. The Hall–Kier alpha value is -2.61. The molecule has 0 aliphatic heterocycles. The average molecular weight is 404 g/mol. The van der Waals surface area contributed by atoms with Gasteiger partial charge in [-0.25, -0.2) is 4.68 Å². The van der Waals surface area contributed by atoms with E-state index in [-0.39, 0.29) is 12.6 Å². The minimum atomic E-state index is -0.276. The Morgan fingerprint density at radius 3 is 2.56 bits per heavy atom. The molecule has 7 nitrogen and oxygen atoms in total. The summed E-state index contributed by atoms with van der Waals surface area (Å²) in [6.07, 6.45) is 1.71. The number of nitrogens with one attached hydrogen (secondary N) is 1. The monoisotopic (exact) mass is 403 g/mol. The number of halogens is 1. The van der Waals surface area contributed by atoms with Crippen LogP contribution in [-0.2, 0) is 13.8 Å². The van der Waals surface area contributed by atoms with Crippen molar-refractivity contribution in [3.05, 3.63) is 58.1 Å². The second kappa shape index (κ2) is 7.10. The van der Waals surface area contributed by atoms with Crippen LogP contribution < -0.4 is 10.1 Å². The maximum atomic E-state index is 12.4. The molecule has 0 atom stereocenters. The Morgan fingerprint density at radius 1 is 1.20 bits per heavy atom. The van der Waals surface area contributed by atoms with Crippen molar-refractivity contribution in [3.63, 3.8) is 0 Å². The van der Waals surface area contributed by atoms with Gasteiger partial charge in [-0.3, -0.25) is 9.48 Å². The maximum Gasteiger partial charge on any atom is 0.276 e. The van der Waals surface area contributed by atoms with Gasteiger partial charge < -0.3 is 10.1 Å². The summed E-state index contributed by atoms with van der Waals surface area (Å²) in [5.41, 5.74) is 2.70. The molecule has 0 unspecified atom stereocenters. The lowest BCUT2D eigenvalue weighted by Gasteiger charge is -2.06. The molecule has 3 aromatic rings. The standard InChI is InChI=1S/C17H18BrN5O2/c1-11-16(12(2)22(3)20-11)19-17(24)15-8-9-23(21-15)10-25-14-6-4-13(18)5-7-14/h4-9H,10H2,1-3H3,(H,19,24). The highest BCUT2D eigenvalue weighted by atomic mass is 79.9. The van der Waals surface area contributed by atoms with Gasteiger partial charge in [0.1, 0.15) is 5.75 Å². The van der Waals surface area contributed by atoms with Crippen LogP contribution in [0.15, 0.2) is 41.0 Å². The van der Waals surface area contributed by atoms with Crippen LogP contribution in [0, 0.1) is 13.8 Å². The normalized spacial score (nSPS) is 10.7. The van der Waals surface area contributed by atoms with Gasteiger partial charge in [0.2, 0.25) is 0 Å². The SMILES string of the molecule is Cc1nn(C)c(C)c1NC(=O)c1ccn(COc2ccc(Br)cc2)n1. The maximum absolute atomic E-state index is 12.4. The first-order valence-electron chi connectivity index (χ1n) is 7.67. The van der Waals surface area contributed by atoms with Gasteiger partial charge in [-0.1, -0.05) is 15.9 Å². The van der Waals surface area contributed by atoms with Gasteiger partial charge in [-0.05, 0) is 44.2 Å². The van der Waals surface area contributed by atoms with Crippen molar-refractivity contribution in [3.8, 4) is 5.75 Å². The number of nitrogens with zero attached hydrogens (tertiary/aromatic N) is 4. The third-order valence-corrected chi connectivity index (χ3v) is 4.33. The third-order valence-electron chi connectivity index (χ3n) is 3.80. The highest BCUT2D eigenvalue weighted by Crippen LogP contribution is 2.19. The van der Waals surface area contributed by atoms with Crippen LogP contribution in [0.2, 0.25) is 0 Å². The summed E-state index contributed by atoms with van der Waals surface area (Å²) in [6.45, 7) is 3.98. The van der Waals surface area contributed by atoms with Gasteiger partial charge in [0.15, 0.2) is 12.4 Å². The van der Waals surface area contributed by atoms with Crippen molar-refractivity contribution in [1.29, 1.82) is 0 Å². The number of anilines is 1. The Morgan fingerprint density at radius 2 is 1.92 bits per heavy atom. The third kappa shape index (κ3) is 3.90. The minimum Gasteiger partial charge on any atom is -0.471 e. The molecular weight excluding hydrogens is 386 g/mol. The number of ether oxygens (including phenoxy) is 1. The Kier molecular flexibility index (Phi) is 4.89. The molecule has 8 heteroatoms. The number of hydrogen-bond donors (Lipinski definition) is 1. The lowest BCUT2D eigenvalue weighted by atomic mass is 10.3. The van der Waals surface area contributed by atoms with Gasteiger partial charge in [0, 0.05) is 17.7 Å². The molecule has 0 aliphatic rings. The first kappa shape index (κ1) is 17.2. The largest absolute Gasteiger partial charge is 0.471 e. The summed E-state index contributed by atoms with van der Waals surface area (Å²) in [6, 6.07) is 9.16. The number of benzene rings is 1. The summed E-state index contributed by atoms with van der Waals surface area (Å²) in [5, 5.41) is 11.4. The molecule has 1 amide bonds. The Balaban J connectivity index is 1.64. The van der Waals surface area contributed by atoms with E-state index < -0.39 is 0 Å². The first-order valence-corrected chi connectivity index (χ1v) is 8.46. The molecular formula is C17H18BrN5O2. The van der Waals surface area contributed by atoms with Crippen molar-refractivity contribution < 1.29 is 9.53 Å². The van der Waals surface area contributed by atoms with E-state index in [4.69, 9.17) is 4.74 Å². The lowest BCUT2D eigenvalue weighted by molar-refractivity contribution is 0.102. The second-order valence-electron chi connectivity index (χ2n) is 5.59. The fourth-order valence-electron chi connectivity index (χ4n) is 2.36. The Labute approximate surface area is 153 Å². The molecule has 0 saturated carbocycles. The zero-order chi connectivity index (χ0) is 18.0. The molecule has 2 aromatic heterocycles. The fourth-order valence-corrected chi connectivity index (χ4v) is 2.62. The molecule has 1 aromatic carbocycles. The van der Waals surface area contributed by atoms with Crippen molar-refractivity contribution in [2.24, 2.45) is 7.05 Å². The Bertz CT molecular complexity index is 898. The number of hydrogen-bond acceptors (Lipinski definition) is 4. The highest BCUT2D eigenvalue weighted by molar-refractivity contribution is 9.10. The molecule has 1 N–H and O–H groups in total. The lowest BCUT2D eigenvalue weighted by Crippen LogP contribution is -2.15. The van der Waals surface area contributed by atoms with Crippen molar-refractivity contribution >= 4 is 27.5 Å². The van der Waals surface area contributed by atoms with Crippen LogP contribution in [0.25, 0.3) is 0 Å². The number of aryl methyl sites for hydroxylation is 2. The molecule has 0 saturated heterocycles. The van der Waals surface area contributed by atoms with Crippen LogP contribution in [0.3, 0.4) is 0 Å². The average Bonchev–Trinajstić information content (AvgIpc) is 3.15. The van der Waals surface area contributed by atoms with Crippen LogP contribution in [-0.4, -0.2) is 25.5 Å². The van der Waals surface area contributed by atoms with E-state index in [1.807, 2.05) is 45.2 Å². The molecule has 130 valence electrons. The van der Waals surface area contributed by atoms with Gasteiger partial charge in [0.05, 0.1) is 17.1 Å². The predicted octanol–water partition coefficient (Wildman–Crippen LogP) is 3.28. The summed E-state index contributed by atoms with van der Waals surface area (Å²) < 4.78 is 9.92. The smallest absolute Gasteiger partial charge is 0.276 e. The van der Waals surface area contributed by atoms with Crippen LogP contribution in [0.4, 0.5) is 5.69 Å². The highest BCUT2D eigenvalue weighted by Gasteiger charge is 2.15. The number of aromatic nitrogens is 4. The quantitative estimate of drug-likeness (QED) is 0.709.